The molecule has 3 heterocycles. The van der Waals surface area contributed by atoms with Crippen LogP contribution >= 0.6 is 47.0 Å². The number of rotatable bonds is 21. The predicted octanol–water partition coefficient (Wildman–Crippen LogP) is -2.99. The van der Waals surface area contributed by atoms with Crippen molar-refractivity contribution < 1.29 is 80.5 Å². The molecule has 0 radical (unpaired) electrons. The summed E-state index contributed by atoms with van der Waals surface area (Å²) in [4.78, 5) is 95.3. The maximum atomic E-state index is 12.5. The van der Waals surface area contributed by atoms with E-state index in [1.807, 2.05) is 0 Å². The van der Waals surface area contributed by atoms with Gasteiger partial charge in [0, 0.05) is 30.7 Å². The van der Waals surface area contributed by atoms with Gasteiger partial charge in [-0.3, -0.25) is 28.1 Å². The number of ether oxygens (including phenoxy) is 1. The van der Waals surface area contributed by atoms with Crippen LogP contribution in [0.25, 0.3) is 11.2 Å². The summed E-state index contributed by atoms with van der Waals surface area (Å²) >= 11 is 2.36. The standard InChI is InChI=1S/C25H40N7O17P3S2/c1-25(2,20(36)23(37)28-6-4-15(33)27-7-9-54-16(34)5-8-53-3)11-46-52(43,44)49-51(41,42)45-10-14-19(48-50(38,39)40)18(35)24(47-14)32-13-31-17-21(26)29-12-30-22(17)32/h5,8,12-14,18-20,24,35-36H,4,6-7,9-11H2,1-3H3,(H,27,33)(H,28,37)(H,41,42)(H,43,44)(H2,26,29,30)(H2,38,39,40)/p-4/b8-5+/t14-,18-,19-,20+,24-/m1/s1. The predicted molar refractivity (Wildman–Crippen MR) is 181 cm³/mol. The Morgan fingerprint density at radius 1 is 1.11 bits per heavy atom. The third-order valence-corrected chi connectivity index (χ3v) is 11.3. The van der Waals surface area contributed by atoms with E-state index in [0.717, 1.165) is 29.0 Å². The van der Waals surface area contributed by atoms with Crippen LogP contribution in [0.2, 0.25) is 0 Å². The fourth-order valence-corrected chi connectivity index (χ4v) is 8.08. The monoisotopic (exact) mass is 863 g/mol. The van der Waals surface area contributed by atoms with Gasteiger partial charge >= 0.3 is 0 Å². The zero-order valence-corrected chi connectivity index (χ0v) is 32.8. The summed E-state index contributed by atoms with van der Waals surface area (Å²) < 4.78 is 60.4. The molecule has 0 aliphatic carbocycles. The second kappa shape index (κ2) is 19.7. The molecule has 29 heteroatoms. The number of phosphoric ester groups is 3. The molecule has 2 aromatic rings. The van der Waals surface area contributed by atoms with E-state index in [0.29, 0.717) is 5.75 Å². The number of hydrogen-bond acceptors (Lipinski definition) is 23. The van der Waals surface area contributed by atoms with E-state index in [-0.39, 0.29) is 41.6 Å². The Morgan fingerprint density at radius 3 is 2.46 bits per heavy atom. The molecule has 304 valence electrons. The van der Waals surface area contributed by atoms with Gasteiger partial charge in [-0.05, 0) is 17.7 Å². The lowest BCUT2D eigenvalue weighted by molar-refractivity contribution is -0.347. The highest BCUT2D eigenvalue weighted by Gasteiger charge is 2.47. The van der Waals surface area contributed by atoms with Crippen molar-refractivity contribution in [3.8, 4) is 0 Å². The number of thioether (sulfide) groups is 2. The number of nitrogens with one attached hydrogen (secondary N) is 2. The largest absolute Gasteiger partial charge is 0.790 e. The highest BCUT2D eigenvalue weighted by atomic mass is 32.2. The highest BCUT2D eigenvalue weighted by molar-refractivity contribution is 8.14. The van der Waals surface area contributed by atoms with Crippen LogP contribution in [0.1, 0.15) is 26.5 Å². The average molecular weight is 864 g/mol. The third kappa shape index (κ3) is 14.0. The van der Waals surface area contributed by atoms with E-state index in [1.165, 1.54) is 31.7 Å². The quantitative estimate of drug-likeness (QED) is 0.0474. The number of amides is 2. The number of carbonyl (C=O) groups excluding carboxylic acids is 3. The molecular formula is C25H36N7O17P3S2-4. The van der Waals surface area contributed by atoms with Crippen LogP contribution in [0.15, 0.2) is 24.1 Å². The van der Waals surface area contributed by atoms with Crippen molar-refractivity contribution in [3.05, 3.63) is 24.1 Å². The number of anilines is 1. The summed E-state index contributed by atoms with van der Waals surface area (Å²) in [5.41, 5.74) is 4.06. The van der Waals surface area contributed by atoms with E-state index in [1.54, 1.807) is 11.7 Å². The van der Waals surface area contributed by atoms with Gasteiger partial charge in [0.1, 0.15) is 36.3 Å². The van der Waals surface area contributed by atoms with Crippen LogP contribution in [0.4, 0.5) is 5.82 Å². The van der Waals surface area contributed by atoms with Gasteiger partial charge in [0.2, 0.25) is 16.9 Å². The summed E-state index contributed by atoms with van der Waals surface area (Å²) in [6.45, 7) is 0.0720. The molecule has 7 atom stereocenters. The Kier molecular flexibility index (Phi) is 16.8. The molecule has 0 bridgehead atoms. The molecular weight excluding hydrogens is 827 g/mol. The Labute approximate surface area is 315 Å². The van der Waals surface area contributed by atoms with Crippen molar-refractivity contribution in [2.75, 3.05) is 44.0 Å². The normalized spacial score (nSPS) is 22.2. The van der Waals surface area contributed by atoms with Crippen molar-refractivity contribution >= 4 is 80.9 Å². The first-order valence-electron chi connectivity index (χ1n) is 15.2. The summed E-state index contributed by atoms with van der Waals surface area (Å²) in [5.74, 6) is -1.25. The molecule has 6 N–H and O–H groups in total. The van der Waals surface area contributed by atoms with Crippen LogP contribution in [-0.2, 0) is 50.7 Å². The number of hydrogen-bond donors (Lipinski definition) is 5. The maximum Gasteiger partial charge on any atom is 0.274 e. The molecule has 1 fully saturated rings. The number of aromatic nitrogens is 4. The first kappa shape index (κ1) is 46.0. The summed E-state index contributed by atoms with van der Waals surface area (Å²) in [6, 6.07) is 0. The van der Waals surface area contributed by atoms with E-state index in [9.17, 15) is 57.9 Å². The van der Waals surface area contributed by atoms with E-state index >= 15 is 0 Å². The molecule has 2 aromatic heterocycles. The van der Waals surface area contributed by atoms with Gasteiger partial charge in [-0.1, -0.05) is 25.6 Å². The average Bonchev–Trinajstić information content (AvgIpc) is 3.63. The van der Waals surface area contributed by atoms with Gasteiger partial charge in [0.25, 0.3) is 15.6 Å². The van der Waals surface area contributed by atoms with Gasteiger partial charge in [0.05, 0.1) is 27.4 Å². The van der Waals surface area contributed by atoms with Crippen LogP contribution < -0.4 is 35.9 Å². The Hall–Kier alpha value is -2.35. The van der Waals surface area contributed by atoms with E-state index in [4.69, 9.17) is 10.5 Å². The number of nitrogens with zero attached hydrogens (tertiary/aromatic N) is 4. The van der Waals surface area contributed by atoms with Crippen molar-refractivity contribution in [1.82, 2.24) is 30.2 Å². The second-order valence-corrected chi connectivity index (χ2v) is 17.6. The minimum Gasteiger partial charge on any atom is -0.790 e. The number of nitrogens with two attached hydrogens (primary N) is 1. The molecule has 0 aromatic carbocycles. The molecule has 0 saturated carbocycles. The fourth-order valence-electron chi connectivity index (χ4n) is 4.43. The molecule has 24 nitrogen and oxygen atoms in total. The zero-order chi connectivity index (χ0) is 40.5. The number of carbonyl (C=O) groups is 3. The van der Waals surface area contributed by atoms with Crippen molar-refractivity contribution in [2.24, 2.45) is 5.41 Å². The Balaban J connectivity index is 1.51. The molecule has 54 heavy (non-hydrogen) atoms. The minimum atomic E-state index is -5.91. The number of phosphoric acid groups is 3. The molecule has 1 saturated heterocycles. The first-order chi connectivity index (χ1) is 25.1. The van der Waals surface area contributed by atoms with Crippen LogP contribution in [0, 0.1) is 5.41 Å². The first-order valence-corrected chi connectivity index (χ1v) is 21.9. The molecule has 2 amide bonds. The highest BCUT2D eigenvalue weighted by Crippen LogP contribution is 2.56. The number of aliphatic hydroxyl groups is 2. The van der Waals surface area contributed by atoms with Gasteiger partial charge in [0.15, 0.2) is 17.7 Å². The smallest absolute Gasteiger partial charge is 0.274 e. The molecule has 2 unspecified atom stereocenters. The number of fused-ring (bicyclic) bond motifs is 1. The zero-order valence-electron chi connectivity index (χ0n) is 28.5. The van der Waals surface area contributed by atoms with Crippen LogP contribution in [0.3, 0.4) is 0 Å². The second-order valence-electron chi connectivity index (χ2n) is 11.7. The SMILES string of the molecule is CS/C=C/C(=O)SCCNC(=O)CCNC(=O)[C@H](O)C(C)(C)COP(=O)([O-])OP(=O)([O-])OC[C@H]1O[C@@H](n2cnc3c(N)ncnc32)[C@H](O)[C@@H]1OP(=O)([O-])[O-]. The lowest BCUT2D eigenvalue weighted by atomic mass is 9.87. The maximum absolute atomic E-state index is 12.5. The Morgan fingerprint density at radius 2 is 1.80 bits per heavy atom. The molecule has 1 aliphatic heterocycles. The van der Waals surface area contributed by atoms with E-state index < -0.39 is 84.6 Å². The van der Waals surface area contributed by atoms with Gasteiger partial charge in [-0.15, -0.1) is 11.8 Å². The van der Waals surface area contributed by atoms with Crippen LogP contribution in [0.5, 0.6) is 0 Å². The Bertz CT molecular complexity index is 1810. The third-order valence-electron chi connectivity index (χ3n) is 7.06. The number of nitrogen functional groups attached to an aromatic ring is 1. The van der Waals surface area contributed by atoms with Crippen molar-refractivity contribution in [3.63, 3.8) is 0 Å². The summed E-state index contributed by atoms with van der Waals surface area (Å²) in [6.07, 6.45) is -4.40. The molecule has 0 spiro atoms. The van der Waals surface area contributed by atoms with Gasteiger partial charge in [-0.2, -0.15) is 0 Å². The summed E-state index contributed by atoms with van der Waals surface area (Å²) in [5, 5.41) is 27.5. The summed E-state index contributed by atoms with van der Waals surface area (Å²) in [7, 11) is -17.6. The number of aliphatic hydroxyl groups excluding tert-OH is 2. The van der Waals surface area contributed by atoms with Gasteiger partial charge in [-0.25, -0.2) is 19.3 Å². The van der Waals surface area contributed by atoms with E-state index in [2.05, 4.69) is 43.5 Å². The fraction of sp³-hybridized carbons (Fsp3) is 0.600. The lowest BCUT2D eigenvalue weighted by Crippen LogP contribution is -2.46. The van der Waals surface area contributed by atoms with Gasteiger partial charge < -0.3 is 69.0 Å². The lowest BCUT2D eigenvalue weighted by Gasteiger charge is -2.36. The minimum absolute atomic E-state index is 0.0220. The molecule has 1 aliphatic rings. The topological polar surface area (TPSA) is 375 Å². The van der Waals surface area contributed by atoms with Crippen LogP contribution in [-0.4, -0.2) is 109 Å². The van der Waals surface area contributed by atoms with Crippen molar-refractivity contribution in [2.45, 2.75) is 50.9 Å². The van der Waals surface area contributed by atoms with Crippen molar-refractivity contribution in [1.29, 1.82) is 0 Å². The number of imidazole rings is 1. The molecule has 3 rings (SSSR count).